The largest absolute Gasteiger partial charge is 0.266 e. The van der Waals surface area contributed by atoms with E-state index in [1.54, 1.807) is 0 Å². The van der Waals surface area contributed by atoms with E-state index < -0.39 is 0 Å². The Kier molecular flexibility index (Phi) is 8.64. The van der Waals surface area contributed by atoms with Gasteiger partial charge < -0.3 is 0 Å². The molecule has 0 aromatic carbocycles. The molecule has 0 unspecified atom stereocenters. The lowest BCUT2D eigenvalue weighted by atomic mass is 10.2. The van der Waals surface area contributed by atoms with E-state index in [2.05, 4.69) is 37.1 Å². The molecular weight excluding hydrogens is 158 g/mol. The molecule has 0 heterocycles. The third-order valence-corrected chi connectivity index (χ3v) is 1.75. The SMILES string of the molecule is C/C=C\CC/C=C\N=C(C)CCC. The van der Waals surface area contributed by atoms with E-state index in [1.165, 1.54) is 12.1 Å². The van der Waals surface area contributed by atoms with Gasteiger partial charge in [0.25, 0.3) is 0 Å². The fourth-order valence-electron chi connectivity index (χ4n) is 1.04. The summed E-state index contributed by atoms with van der Waals surface area (Å²) in [7, 11) is 0. The summed E-state index contributed by atoms with van der Waals surface area (Å²) in [5.41, 5.74) is 1.23. The molecule has 0 bridgehead atoms. The van der Waals surface area contributed by atoms with Gasteiger partial charge in [0.2, 0.25) is 0 Å². The van der Waals surface area contributed by atoms with Crippen molar-refractivity contribution in [2.45, 2.75) is 46.5 Å². The highest BCUT2D eigenvalue weighted by molar-refractivity contribution is 5.82. The number of aliphatic imine (C=N–C) groups is 1. The molecule has 0 rings (SSSR count). The molecule has 0 aliphatic heterocycles. The number of rotatable bonds is 6. The molecule has 0 aromatic rings. The fourth-order valence-corrected chi connectivity index (χ4v) is 1.04. The first-order valence-electron chi connectivity index (χ1n) is 5.10. The van der Waals surface area contributed by atoms with Crippen LogP contribution in [0.2, 0.25) is 0 Å². The molecule has 13 heavy (non-hydrogen) atoms. The maximum Gasteiger partial charge on any atom is 0.0227 e. The predicted molar refractivity (Wildman–Crippen MR) is 61.2 cm³/mol. The second kappa shape index (κ2) is 9.24. The highest BCUT2D eigenvalue weighted by atomic mass is 14.7. The lowest BCUT2D eigenvalue weighted by molar-refractivity contribution is 0.986. The Hall–Kier alpha value is -0.850. The van der Waals surface area contributed by atoms with Gasteiger partial charge in [-0.25, -0.2) is 0 Å². The molecule has 1 nitrogen and oxygen atoms in total. The number of nitrogens with zero attached hydrogens (tertiary/aromatic N) is 1. The first kappa shape index (κ1) is 12.2. The summed E-state index contributed by atoms with van der Waals surface area (Å²) >= 11 is 0. The van der Waals surface area contributed by atoms with E-state index in [9.17, 15) is 0 Å². The van der Waals surface area contributed by atoms with Crippen molar-refractivity contribution in [3.05, 3.63) is 24.4 Å². The number of allylic oxidation sites excluding steroid dienone is 3. The molecule has 0 fully saturated rings. The van der Waals surface area contributed by atoms with Crippen LogP contribution in [0.5, 0.6) is 0 Å². The van der Waals surface area contributed by atoms with Crippen molar-refractivity contribution >= 4 is 5.71 Å². The van der Waals surface area contributed by atoms with Crippen LogP contribution in [0.25, 0.3) is 0 Å². The number of hydrogen-bond acceptors (Lipinski definition) is 1. The van der Waals surface area contributed by atoms with E-state index in [0.29, 0.717) is 0 Å². The minimum Gasteiger partial charge on any atom is -0.266 e. The Bertz CT molecular complexity index is 187. The van der Waals surface area contributed by atoms with Crippen LogP contribution in [-0.4, -0.2) is 5.71 Å². The van der Waals surface area contributed by atoms with Crippen LogP contribution in [-0.2, 0) is 0 Å². The molecule has 0 saturated carbocycles. The highest BCUT2D eigenvalue weighted by Crippen LogP contribution is 1.95. The molecule has 0 aliphatic rings. The van der Waals surface area contributed by atoms with Gasteiger partial charge in [-0.05, 0) is 33.1 Å². The van der Waals surface area contributed by atoms with E-state index in [4.69, 9.17) is 0 Å². The zero-order valence-electron chi connectivity index (χ0n) is 9.09. The van der Waals surface area contributed by atoms with Crippen LogP contribution in [0.4, 0.5) is 0 Å². The molecule has 0 radical (unpaired) electrons. The molecular formula is C12H21N. The van der Waals surface area contributed by atoms with Crippen molar-refractivity contribution in [3.63, 3.8) is 0 Å². The van der Waals surface area contributed by atoms with Crippen LogP contribution in [0.3, 0.4) is 0 Å². The molecule has 1 heteroatoms. The Morgan fingerprint density at radius 3 is 2.54 bits per heavy atom. The zero-order valence-corrected chi connectivity index (χ0v) is 9.09. The lowest BCUT2D eigenvalue weighted by Gasteiger charge is -1.92. The Morgan fingerprint density at radius 2 is 1.92 bits per heavy atom. The Labute approximate surface area is 82.3 Å². The van der Waals surface area contributed by atoms with Crippen molar-refractivity contribution in [1.82, 2.24) is 0 Å². The topological polar surface area (TPSA) is 12.4 Å². The van der Waals surface area contributed by atoms with Crippen molar-refractivity contribution in [1.29, 1.82) is 0 Å². The molecule has 0 N–H and O–H groups in total. The van der Waals surface area contributed by atoms with Gasteiger partial charge in [-0.2, -0.15) is 0 Å². The minimum atomic E-state index is 1.09. The maximum atomic E-state index is 4.32. The van der Waals surface area contributed by atoms with Gasteiger partial charge in [0, 0.05) is 11.9 Å². The molecule has 0 saturated heterocycles. The van der Waals surface area contributed by atoms with Crippen molar-refractivity contribution in [2.75, 3.05) is 0 Å². The van der Waals surface area contributed by atoms with Crippen LogP contribution in [0.15, 0.2) is 29.4 Å². The molecule has 0 atom stereocenters. The average Bonchev–Trinajstić information content (AvgIpc) is 2.11. The minimum absolute atomic E-state index is 1.09. The summed E-state index contributed by atoms with van der Waals surface area (Å²) in [6.45, 7) is 6.31. The summed E-state index contributed by atoms with van der Waals surface area (Å²) in [5, 5.41) is 0. The smallest absolute Gasteiger partial charge is 0.0227 e. The monoisotopic (exact) mass is 179 g/mol. The van der Waals surface area contributed by atoms with Gasteiger partial charge >= 0.3 is 0 Å². The summed E-state index contributed by atoms with van der Waals surface area (Å²) in [6.07, 6.45) is 12.8. The van der Waals surface area contributed by atoms with Crippen molar-refractivity contribution in [3.8, 4) is 0 Å². The fraction of sp³-hybridized carbons (Fsp3) is 0.583. The van der Waals surface area contributed by atoms with Crippen molar-refractivity contribution in [2.24, 2.45) is 4.99 Å². The van der Waals surface area contributed by atoms with Gasteiger partial charge in [0.15, 0.2) is 0 Å². The van der Waals surface area contributed by atoms with E-state index in [-0.39, 0.29) is 0 Å². The van der Waals surface area contributed by atoms with Gasteiger partial charge in [0.1, 0.15) is 0 Å². The van der Waals surface area contributed by atoms with Crippen LogP contribution in [0, 0.1) is 0 Å². The lowest BCUT2D eigenvalue weighted by Crippen LogP contribution is -1.86. The normalized spacial score (nSPS) is 13.3. The van der Waals surface area contributed by atoms with E-state index in [1.807, 2.05) is 13.1 Å². The number of hydrogen-bond donors (Lipinski definition) is 0. The summed E-state index contributed by atoms with van der Waals surface area (Å²) in [5.74, 6) is 0. The van der Waals surface area contributed by atoms with Crippen molar-refractivity contribution < 1.29 is 0 Å². The quantitative estimate of drug-likeness (QED) is 0.330. The molecule has 74 valence electrons. The summed E-state index contributed by atoms with van der Waals surface area (Å²) in [4.78, 5) is 4.32. The van der Waals surface area contributed by atoms with Gasteiger partial charge in [-0.1, -0.05) is 31.6 Å². The first-order valence-corrected chi connectivity index (χ1v) is 5.10. The third kappa shape index (κ3) is 9.06. The average molecular weight is 179 g/mol. The third-order valence-electron chi connectivity index (χ3n) is 1.75. The van der Waals surface area contributed by atoms with Crippen LogP contribution >= 0.6 is 0 Å². The van der Waals surface area contributed by atoms with Crippen LogP contribution < -0.4 is 0 Å². The predicted octanol–water partition coefficient (Wildman–Crippen LogP) is 4.12. The Morgan fingerprint density at radius 1 is 1.23 bits per heavy atom. The Balaban J connectivity index is 3.54. The van der Waals surface area contributed by atoms with E-state index >= 15 is 0 Å². The second-order valence-corrected chi connectivity index (χ2v) is 3.15. The van der Waals surface area contributed by atoms with Gasteiger partial charge in [-0.3, -0.25) is 4.99 Å². The molecule has 0 spiro atoms. The molecule has 0 aliphatic carbocycles. The van der Waals surface area contributed by atoms with Crippen LogP contribution in [0.1, 0.15) is 46.5 Å². The van der Waals surface area contributed by atoms with Gasteiger partial charge in [0.05, 0.1) is 0 Å². The molecule has 0 aromatic heterocycles. The van der Waals surface area contributed by atoms with E-state index in [0.717, 1.165) is 19.3 Å². The molecule has 0 amide bonds. The standard InChI is InChI=1S/C12H21N/c1-4-6-7-8-9-11-13-12(3)10-5-2/h4,6,9,11H,5,7-8,10H2,1-3H3/b6-4-,11-9-,13-12?. The summed E-state index contributed by atoms with van der Waals surface area (Å²) < 4.78 is 0. The zero-order chi connectivity index (χ0) is 9.94. The second-order valence-electron chi connectivity index (χ2n) is 3.15. The highest BCUT2D eigenvalue weighted by Gasteiger charge is 1.84. The van der Waals surface area contributed by atoms with Gasteiger partial charge in [-0.15, -0.1) is 0 Å². The summed E-state index contributed by atoms with van der Waals surface area (Å²) in [6, 6.07) is 0. The maximum absolute atomic E-state index is 4.32. The first-order chi connectivity index (χ1) is 6.31. The number of unbranched alkanes of at least 4 members (excludes halogenated alkanes) is 1.